The Morgan fingerprint density at radius 2 is 1.79 bits per heavy atom. The number of carbonyl (C=O) groups is 1. The summed E-state index contributed by atoms with van der Waals surface area (Å²) >= 11 is 5.80. The van der Waals surface area contributed by atoms with Crippen molar-refractivity contribution < 1.29 is 4.79 Å². The molecule has 0 aliphatic rings. The minimum atomic E-state index is -0.173. The SMILES string of the molecule is CC(=O)c1nc2ccccc2nc1Cl. The molecule has 1 aromatic heterocycles. The van der Waals surface area contributed by atoms with E-state index in [1.807, 2.05) is 12.1 Å². The normalized spacial score (nSPS) is 10.4. The van der Waals surface area contributed by atoms with Crippen LogP contribution in [0.25, 0.3) is 11.0 Å². The molecule has 0 saturated heterocycles. The lowest BCUT2D eigenvalue weighted by atomic mass is 10.2. The van der Waals surface area contributed by atoms with E-state index < -0.39 is 0 Å². The summed E-state index contributed by atoms with van der Waals surface area (Å²) in [5.41, 5.74) is 1.61. The summed E-state index contributed by atoms with van der Waals surface area (Å²) in [6, 6.07) is 7.29. The van der Waals surface area contributed by atoms with Gasteiger partial charge in [0.1, 0.15) is 5.69 Å². The van der Waals surface area contributed by atoms with Crippen molar-refractivity contribution in [3.05, 3.63) is 35.1 Å². The first kappa shape index (κ1) is 9.09. The molecule has 0 aliphatic heterocycles. The van der Waals surface area contributed by atoms with Gasteiger partial charge in [0.25, 0.3) is 0 Å². The third-order valence-electron chi connectivity index (χ3n) is 1.86. The van der Waals surface area contributed by atoms with Crippen LogP contribution in [0.2, 0.25) is 5.15 Å². The number of para-hydroxylation sites is 2. The molecule has 0 fully saturated rings. The molecular formula is C10H7ClN2O. The standard InChI is InChI=1S/C10H7ClN2O/c1-6(14)9-10(11)13-8-5-3-2-4-7(8)12-9/h2-5H,1H3. The van der Waals surface area contributed by atoms with Gasteiger partial charge in [-0.2, -0.15) is 0 Å². The first-order chi connectivity index (χ1) is 6.68. The van der Waals surface area contributed by atoms with E-state index in [-0.39, 0.29) is 16.6 Å². The van der Waals surface area contributed by atoms with Gasteiger partial charge >= 0.3 is 0 Å². The summed E-state index contributed by atoms with van der Waals surface area (Å²) in [4.78, 5) is 19.3. The molecule has 2 rings (SSSR count). The number of nitrogens with zero attached hydrogens (tertiary/aromatic N) is 2. The van der Waals surface area contributed by atoms with E-state index in [1.54, 1.807) is 12.1 Å². The average Bonchev–Trinajstić information content (AvgIpc) is 2.16. The maximum atomic E-state index is 11.1. The van der Waals surface area contributed by atoms with Crippen molar-refractivity contribution in [1.29, 1.82) is 0 Å². The van der Waals surface area contributed by atoms with Crippen LogP contribution in [0, 0.1) is 0 Å². The second-order valence-corrected chi connectivity index (χ2v) is 3.27. The Kier molecular flexibility index (Phi) is 2.17. The number of carbonyl (C=O) groups excluding carboxylic acids is 1. The third kappa shape index (κ3) is 1.46. The average molecular weight is 207 g/mol. The van der Waals surface area contributed by atoms with E-state index in [4.69, 9.17) is 11.6 Å². The van der Waals surface area contributed by atoms with E-state index in [0.29, 0.717) is 11.0 Å². The second kappa shape index (κ2) is 3.35. The Hall–Kier alpha value is -1.48. The minimum Gasteiger partial charge on any atom is -0.293 e. The van der Waals surface area contributed by atoms with Crippen LogP contribution in [-0.2, 0) is 0 Å². The number of rotatable bonds is 1. The van der Waals surface area contributed by atoms with Crippen LogP contribution >= 0.6 is 11.6 Å². The molecule has 0 atom stereocenters. The fourth-order valence-corrected chi connectivity index (χ4v) is 1.47. The molecule has 3 nitrogen and oxygen atoms in total. The quantitative estimate of drug-likeness (QED) is 0.674. The smallest absolute Gasteiger partial charge is 0.181 e. The summed E-state index contributed by atoms with van der Waals surface area (Å²) < 4.78 is 0. The van der Waals surface area contributed by atoms with Crippen molar-refractivity contribution in [3.8, 4) is 0 Å². The van der Waals surface area contributed by atoms with Crippen molar-refractivity contribution >= 4 is 28.4 Å². The lowest BCUT2D eigenvalue weighted by Crippen LogP contribution is -2.00. The Bertz CT molecular complexity index is 510. The van der Waals surface area contributed by atoms with Gasteiger partial charge in [0.05, 0.1) is 11.0 Å². The molecule has 1 aromatic carbocycles. The fraction of sp³-hybridized carbons (Fsp3) is 0.100. The molecule has 4 heteroatoms. The summed E-state index contributed by atoms with van der Waals surface area (Å²) in [6.45, 7) is 1.42. The zero-order chi connectivity index (χ0) is 10.1. The lowest BCUT2D eigenvalue weighted by molar-refractivity contribution is 0.101. The summed E-state index contributed by atoms with van der Waals surface area (Å²) in [5, 5.41) is 0.163. The van der Waals surface area contributed by atoms with Gasteiger partial charge in [0.2, 0.25) is 0 Å². The molecule has 0 N–H and O–H groups in total. The maximum absolute atomic E-state index is 11.1. The van der Waals surface area contributed by atoms with Gasteiger partial charge in [-0.1, -0.05) is 23.7 Å². The predicted octanol–water partition coefficient (Wildman–Crippen LogP) is 2.49. The number of aromatic nitrogens is 2. The number of halogens is 1. The van der Waals surface area contributed by atoms with Gasteiger partial charge in [-0.25, -0.2) is 9.97 Å². The first-order valence-electron chi connectivity index (χ1n) is 4.11. The van der Waals surface area contributed by atoms with Gasteiger partial charge in [-0.15, -0.1) is 0 Å². The van der Waals surface area contributed by atoms with E-state index in [0.717, 1.165) is 0 Å². The molecule has 0 aliphatic carbocycles. The molecule has 0 amide bonds. The molecule has 0 spiro atoms. The largest absolute Gasteiger partial charge is 0.293 e. The lowest BCUT2D eigenvalue weighted by Gasteiger charge is -2.00. The Morgan fingerprint density at radius 3 is 2.36 bits per heavy atom. The number of benzene rings is 1. The Labute approximate surface area is 85.7 Å². The van der Waals surface area contributed by atoms with E-state index in [1.165, 1.54) is 6.92 Å². The number of fused-ring (bicyclic) bond motifs is 1. The summed E-state index contributed by atoms with van der Waals surface area (Å²) in [6.07, 6.45) is 0. The molecular weight excluding hydrogens is 200 g/mol. The molecule has 0 saturated carbocycles. The maximum Gasteiger partial charge on any atom is 0.181 e. The van der Waals surface area contributed by atoms with Crippen LogP contribution in [0.1, 0.15) is 17.4 Å². The monoisotopic (exact) mass is 206 g/mol. The Balaban J connectivity index is 2.77. The van der Waals surface area contributed by atoms with Crippen LogP contribution in [0.3, 0.4) is 0 Å². The van der Waals surface area contributed by atoms with Gasteiger partial charge < -0.3 is 0 Å². The van der Waals surface area contributed by atoms with Crippen LogP contribution in [0.4, 0.5) is 0 Å². The van der Waals surface area contributed by atoms with Crippen molar-refractivity contribution in [2.24, 2.45) is 0 Å². The van der Waals surface area contributed by atoms with Crippen molar-refractivity contribution in [3.63, 3.8) is 0 Å². The summed E-state index contributed by atoms with van der Waals surface area (Å²) in [7, 11) is 0. The predicted molar refractivity (Wildman–Crippen MR) is 54.6 cm³/mol. The highest BCUT2D eigenvalue weighted by molar-refractivity contribution is 6.32. The zero-order valence-corrected chi connectivity index (χ0v) is 8.25. The third-order valence-corrected chi connectivity index (χ3v) is 2.13. The highest BCUT2D eigenvalue weighted by Crippen LogP contribution is 2.16. The molecule has 0 radical (unpaired) electrons. The Morgan fingerprint density at radius 1 is 1.21 bits per heavy atom. The number of hydrogen-bond donors (Lipinski definition) is 0. The topological polar surface area (TPSA) is 42.9 Å². The number of Topliss-reactive ketones (excluding diaryl/α,β-unsaturated/α-hetero) is 1. The molecule has 0 bridgehead atoms. The van der Waals surface area contributed by atoms with Crippen molar-refractivity contribution in [2.45, 2.75) is 6.92 Å². The number of hydrogen-bond acceptors (Lipinski definition) is 3. The van der Waals surface area contributed by atoms with E-state index in [9.17, 15) is 4.79 Å². The van der Waals surface area contributed by atoms with Crippen LogP contribution in [0.5, 0.6) is 0 Å². The molecule has 1 heterocycles. The zero-order valence-electron chi connectivity index (χ0n) is 7.49. The van der Waals surface area contributed by atoms with Gasteiger partial charge in [0.15, 0.2) is 10.9 Å². The number of ketones is 1. The van der Waals surface area contributed by atoms with E-state index in [2.05, 4.69) is 9.97 Å². The molecule has 70 valence electrons. The van der Waals surface area contributed by atoms with Crippen LogP contribution < -0.4 is 0 Å². The highest BCUT2D eigenvalue weighted by Gasteiger charge is 2.09. The highest BCUT2D eigenvalue weighted by atomic mass is 35.5. The van der Waals surface area contributed by atoms with Crippen molar-refractivity contribution in [1.82, 2.24) is 9.97 Å². The van der Waals surface area contributed by atoms with Gasteiger partial charge in [0, 0.05) is 6.92 Å². The van der Waals surface area contributed by atoms with Crippen molar-refractivity contribution in [2.75, 3.05) is 0 Å². The molecule has 14 heavy (non-hydrogen) atoms. The fourth-order valence-electron chi connectivity index (χ4n) is 1.20. The molecule has 0 unspecified atom stereocenters. The second-order valence-electron chi connectivity index (χ2n) is 2.91. The minimum absolute atomic E-state index is 0.163. The van der Waals surface area contributed by atoms with Crippen LogP contribution in [-0.4, -0.2) is 15.8 Å². The summed E-state index contributed by atoms with van der Waals surface area (Å²) in [5.74, 6) is -0.173. The van der Waals surface area contributed by atoms with E-state index >= 15 is 0 Å². The van der Waals surface area contributed by atoms with Crippen LogP contribution in [0.15, 0.2) is 24.3 Å². The van der Waals surface area contributed by atoms with Gasteiger partial charge in [-0.05, 0) is 12.1 Å². The molecule has 2 aromatic rings. The first-order valence-corrected chi connectivity index (χ1v) is 4.49. The van der Waals surface area contributed by atoms with Gasteiger partial charge in [-0.3, -0.25) is 4.79 Å².